The average Bonchev–Trinajstić information content (AvgIpc) is 3.18. The Kier molecular flexibility index (Phi) is 12.5. The summed E-state index contributed by atoms with van der Waals surface area (Å²) in [7, 11) is -8.01. The lowest BCUT2D eigenvalue weighted by atomic mass is 10.1. The zero-order valence-corrected chi connectivity index (χ0v) is 32.0. The van der Waals surface area contributed by atoms with Gasteiger partial charge in [-0.2, -0.15) is 46.7 Å². The monoisotopic (exact) mass is 798 g/mol. The van der Waals surface area contributed by atoms with E-state index < -0.39 is 25.1 Å². The van der Waals surface area contributed by atoms with Gasteiger partial charge in [0.2, 0.25) is 35.7 Å². The molecule has 0 bridgehead atoms. The Hall–Kier alpha value is -5.26. The molecular weight excluding hydrogens is 757 g/mol. The van der Waals surface area contributed by atoms with Crippen LogP contribution in [0.5, 0.6) is 0 Å². The molecule has 294 valence electrons. The van der Waals surface area contributed by atoms with Crippen LogP contribution < -0.4 is 31.1 Å². The number of hydrogen-bond donors (Lipinski definition) is 5. The fourth-order valence-corrected chi connectivity index (χ4v) is 7.18. The molecule has 2 aliphatic rings. The Morgan fingerprint density at radius 1 is 0.673 bits per heavy atom. The molecule has 2 saturated heterocycles. The van der Waals surface area contributed by atoms with Gasteiger partial charge in [-0.1, -0.05) is 24.3 Å². The number of hydrogen-bond acceptors (Lipinski definition) is 19. The maximum atomic E-state index is 13.1. The van der Waals surface area contributed by atoms with Gasteiger partial charge in [0, 0.05) is 50.6 Å². The molecule has 0 radical (unpaired) electrons. The van der Waals surface area contributed by atoms with Gasteiger partial charge in [-0.25, -0.2) is 0 Å². The lowest BCUT2D eigenvalue weighted by molar-refractivity contribution is 0.122. The molecule has 2 fully saturated rings. The average molecular weight is 799 g/mol. The molecule has 4 aromatic rings. The molecule has 5 N–H and O–H groups in total. The highest BCUT2D eigenvalue weighted by Gasteiger charge is 2.22. The first-order valence-corrected chi connectivity index (χ1v) is 20.2. The Labute approximate surface area is 318 Å². The Morgan fingerprint density at radius 3 is 1.51 bits per heavy atom. The number of nitrogens with one attached hydrogen (secondary N) is 4. The van der Waals surface area contributed by atoms with Gasteiger partial charge >= 0.3 is 0 Å². The molecule has 2 aromatic carbocycles. The Morgan fingerprint density at radius 2 is 1.09 bits per heavy atom. The molecular formula is C33H42N12O8S2. The van der Waals surface area contributed by atoms with Gasteiger partial charge in [0.15, 0.2) is 0 Å². The number of nitrogens with zero attached hydrogens (tertiary/aromatic N) is 8. The van der Waals surface area contributed by atoms with Gasteiger partial charge in [-0.15, -0.1) is 0 Å². The third-order valence-electron chi connectivity index (χ3n) is 8.25. The fourth-order valence-electron chi connectivity index (χ4n) is 5.59. The standard InChI is InChI=1S/C33H42N12O8S2/c1-4-34-28-38-30(42-32(40-28)44-12-16-52-17-13-44)36-24-10-8-22(26(20-24)54(46,47)48)6-7-23-9-11-25(21-27(23)55(49,50)51-3)37-31-39-29(35-5-2)41-33(43-31)45-14-18-53-19-15-45/h6-11,20-21H,4-5,12-19H2,1-3H3,(H,46,47,48)(H2,34,36,38,40,42)(H2,35,37,39,41,43)/b7-6+. The highest BCUT2D eigenvalue weighted by atomic mass is 32.2. The minimum absolute atomic E-state index is 0.0748. The molecule has 4 heterocycles. The second kappa shape index (κ2) is 17.5. The van der Waals surface area contributed by atoms with Crippen LogP contribution in [-0.2, 0) is 33.9 Å². The summed E-state index contributed by atoms with van der Waals surface area (Å²) < 4.78 is 77.5. The van der Waals surface area contributed by atoms with Gasteiger partial charge in [0.05, 0.1) is 33.5 Å². The SMILES string of the molecule is CCNc1nc(Nc2ccc(/C=C/c3ccc(Nc4nc(NCC)nc(N5CCOCC5)n4)cc3S(=O)(=O)OC)c(S(=O)(=O)O)c2)nc(N2CCOCC2)n1. The largest absolute Gasteiger partial charge is 0.378 e. The maximum Gasteiger partial charge on any atom is 0.297 e. The van der Waals surface area contributed by atoms with Crippen molar-refractivity contribution in [2.45, 2.75) is 23.6 Å². The number of anilines is 8. The van der Waals surface area contributed by atoms with E-state index in [1.807, 2.05) is 23.6 Å². The summed E-state index contributed by atoms with van der Waals surface area (Å²) in [6, 6.07) is 8.71. The van der Waals surface area contributed by atoms with Crippen LogP contribution in [0.25, 0.3) is 12.2 Å². The predicted molar refractivity (Wildman–Crippen MR) is 206 cm³/mol. The minimum atomic E-state index is -4.77. The zero-order chi connectivity index (χ0) is 39.0. The topological polar surface area (TPSA) is 248 Å². The Bertz CT molecular complexity index is 2230. The minimum Gasteiger partial charge on any atom is -0.378 e. The van der Waals surface area contributed by atoms with E-state index in [1.54, 1.807) is 12.1 Å². The van der Waals surface area contributed by atoms with Gasteiger partial charge in [-0.3, -0.25) is 8.74 Å². The van der Waals surface area contributed by atoms with Crippen molar-refractivity contribution in [1.82, 2.24) is 29.9 Å². The van der Waals surface area contributed by atoms with Gasteiger partial charge in [-0.05, 0) is 49.2 Å². The van der Waals surface area contributed by atoms with Gasteiger partial charge in [0.25, 0.3) is 20.2 Å². The highest BCUT2D eigenvalue weighted by molar-refractivity contribution is 7.87. The molecule has 0 amide bonds. The summed E-state index contributed by atoms with van der Waals surface area (Å²) in [5, 5.41) is 12.2. The van der Waals surface area contributed by atoms with E-state index in [-0.39, 0.29) is 33.6 Å². The Balaban J connectivity index is 1.29. The van der Waals surface area contributed by atoms with Crippen LogP contribution in [0, 0.1) is 0 Å². The second-order valence-electron chi connectivity index (χ2n) is 12.0. The molecule has 0 aliphatic carbocycles. The van der Waals surface area contributed by atoms with E-state index in [9.17, 15) is 21.4 Å². The number of morpholine rings is 2. The van der Waals surface area contributed by atoms with Crippen LogP contribution in [0.3, 0.4) is 0 Å². The fraction of sp³-hybridized carbons (Fsp3) is 0.394. The van der Waals surface area contributed by atoms with Gasteiger partial charge < -0.3 is 40.5 Å². The maximum absolute atomic E-state index is 13.1. The van der Waals surface area contributed by atoms with Crippen LogP contribution in [0.1, 0.15) is 25.0 Å². The molecule has 0 atom stereocenters. The van der Waals surface area contributed by atoms with Crippen LogP contribution in [0.2, 0.25) is 0 Å². The van der Waals surface area contributed by atoms with Crippen molar-refractivity contribution in [2.75, 3.05) is 104 Å². The molecule has 6 rings (SSSR count). The second-order valence-corrected chi connectivity index (χ2v) is 15.1. The molecule has 0 spiro atoms. The van der Waals surface area contributed by atoms with E-state index in [0.29, 0.717) is 95.2 Å². The third-order valence-corrected chi connectivity index (χ3v) is 10.5. The van der Waals surface area contributed by atoms with Crippen molar-refractivity contribution >= 4 is 79.5 Å². The van der Waals surface area contributed by atoms with Crippen LogP contribution in [-0.4, -0.2) is 124 Å². The molecule has 0 saturated carbocycles. The van der Waals surface area contributed by atoms with Crippen molar-refractivity contribution in [3.8, 4) is 0 Å². The van der Waals surface area contributed by atoms with Crippen molar-refractivity contribution in [3.63, 3.8) is 0 Å². The smallest absolute Gasteiger partial charge is 0.297 e. The van der Waals surface area contributed by atoms with E-state index in [1.165, 1.54) is 36.4 Å². The lowest BCUT2D eigenvalue weighted by Crippen LogP contribution is -2.37. The zero-order valence-electron chi connectivity index (χ0n) is 30.4. The first-order valence-electron chi connectivity index (χ1n) is 17.4. The van der Waals surface area contributed by atoms with Crippen molar-refractivity contribution in [1.29, 1.82) is 0 Å². The van der Waals surface area contributed by atoms with Crippen LogP contribution in [0.15, 0.2) is 46.2 Å². The normalized spacial score (nSPS) is 15.3. The molecule has 22 heteroatoms. The summed E-state index contributed by atoms with van der Waals surface area (Å²) in [5.74, 6) is 1.83. The van der Waals surface area contributed by atoms with Crippen molar-refractivity contribution < 1.29 is 35.0 Å². The van der Waals surface area contributed by atoms with Crippen LogP contribution in [0.4, 0.5) is 47.1 Å². The number of aromatic nitrogens is 6. The van der Waals surface area contributed by atoms with E-state index in [0.717, 1.165) is 7.11 Å². The number of rotatable bonds is 15. The quantitative estimate of drug-likeness (QED) is 0.0659. The molecule has 0 unspecified atom stereocenters. The summed E-state index contributed by atoms with van der Waals surface area (Å²) >= 11 is 0. The molecule has 20 nitrogen and oxygen atoms in total. The highest BCUT2D eigenvalue weighted by Crippen LogP contribution is 2.29. The lowest BCUT2D eigenvalue weighted by Gasteiger charge is -2.27. The summed E-state index contributed by atoms with van der Waals surface area (Å²) in [5.41, 5.74) is 0.837. The van der Waals surface area contributed by atoms with Crippen molar-refractivity contribution in [3.05, 3.63) is 47.5 Å². The molecule has 2 aromatic heterocycles. The first kappa shape index (κ1) is 39.4. The number of ether oxygens (including phenoxy) is 2. The van der Waals surface area contributed by atoms with Gasteiger partial charge in [0.1, 0.15) is 9.79 Å². The van der Waals surface area contributed by atoms with E-state index in [4.69, 9.17) is 13.7 Å². The summed E-state index contributed by atoms with van der Waals surface area (Å²) in [4.78, 5) is 30.1. The predicted octanol–water partition coefficient (Wildman–Crippen LogP) is 2.83. The molecule has 55 heavy (non-hydrogen) atoms. The van der Waals surface area contributed by atoms with Crippen LogP contribution >= 0.6 is 0 Å². The molecule has 2 aliphatic heterocycles. The van der Waals surface area contributed by atoms with E-state index in [2.05, 4.69) is 51.2 Å². The third kappa shape index (κ3) is 10.1. The van der Waals surface area contributed by atoms with E-state index >= 15 is 0 Å². The number of benzene rings is 2. The van der Waals surface area contributed by atoms with Crippen molar-refractivity contribution in [2.24, 2.45) is 0 Å². The summed E-state index contributed by atoms with van der Waals surface area (Å²) in [6.07, 6.45) is 2.77. The first-order chi connectivity index (χ1) is 26.4. The summed E-state index contributed by atoms with van der Waals surface area (Å²) in [6.45, 7) is 9.38.